The molecule has 64 valence electrons. The van der Waals surface area contributed by atoms with Crippen LogP contribution >= 0.6 is 11.5 Å². The molecule has 0 spiro atoms. The summed E-state index contributed by atoms with van der Waals surface area (Å²) in [5.41, 5.74) is 2.12. The Morgan fingerprint density at radius 1 is 1.54 bits per heavy atom. The molecule has 0 radical (unpaired) electrons. The molecule has 1 heterocycles. The van der Waals surface area contributed by atoms with Crippen LogP contribution in [-0.2, 0) is 6.42 Å². The summed E-state index contributed by atoms with van der Waals surface area (Å²) in [6.45, 7) is 1.99. The van der Waals surface area contributed by atoms with Gasteiger partial charge in [-0.3, -0.25) is 0 Å². The molecule has 0 N–H and O–H groups in total. The summed E-state index contributed by atoms with van der Waals surface area (Å²) in [5, 5.41) is 9.80. The lowest BCUT2D eigenvalue weighted by molar-refractivity contribution is 1.27. The highest BCUT2D eigenvalue weighted by Crippen LogP contribution is 2.25. The molecule has 0 saturated carbocycles. The highest BCUT2D eigenvalue weighted by Gasteiger charge is 2.05. The smallest absolute Gasteiger partial charge is 0.0669 e. The van der Waals surface area contributed by atoms with Crippen LogP contribution in [0.4, 0.5) is 0 Å². The zero-order chi connectivity index (χ0) is 9.26. The third kappa shape index (κ3) is 1.30. The van der Waals surface area contributed by atoms with Gasteiger partial charge < -0.3 is 0 Å². The van der Waals surface area contributed by atoms with Gasteiger partial charge in [-0.1, -0.05) is 12.1 Å². The minimum atomic E-state index is 0.469. The number of nitrogens with zero attached hydrogens (tertiary/aromatic N) is 2. The molecular weight excluding hydrogens is 180 g/mol. The van der Waals surface area contributed by atoms with Crippen LogP contribution in [0.3, 0.4) is 0 Å². The van der Waals surface area contributed by atoms with Gasteiger partial charge >= 0.3 is 0 Å². The van der Waals surface area contributed by atoms with Crippen molar-refractivity contribution in [2.45, 2.75) is 13.3 Å². The summed E-state index contributed by atoms with van der Waals surface area (Å²) in [6, 6.07) is 8.18. The van der Waals surface area contributed by atoms with Gasteiger partial charge in [0.15, 0.2) is 0 Å². The lowest BCUT2D eigenvalue weighted by Gasteiger charge is -1.96. The van der Waals surface area contributed by atoms with Gasteiger partial charge in [-0.25, -0.2) is 0 Å². The molecule has 3 heteroatoms. The monoisotopic (exact) mass is 188 g/mol. The Labute approximate surface area is 80.6 Å². The summed E-state index contributed by atoms with van der Waals surface area (Å²) in [6.07, 6.45) is 0.469. The van der Waals surface area contributed by atoms with Gasteiger partial charge in [0.1, 0.15) is 0 Å². The summed E-state index contributed by atoms with van der Waals surface area (Å²) < 4.78 is 5.44. The van der Waals surface area contributed by atoms with E-state index in [4.69, 9.17) is 5.26 Å². The maximum Gasteiger partial charge on any atom is 0.0669 e. The molecule has 0 fully saturated rings. The molecule has 2 rings (SSSR count). The van der Waals surface area contributed by atoms with Gasteiger partial charge in [-0.2, -0.15) is 9.64 Å². The van der Waals surface area contributed by atoms with E-state index in [9.17, 15) is 0 Å². The average Bonchev–Trinajstić information content (AvgIpc) is 2.50. The van der Waals surface area contributed by atoms with E-state index in [0.717, 1.165) is 16.6 Å². The molecule has 0 atom stereocenters. The molecule has 0 aliphatic carbocycles. The second kappa shape index (κ2) is 3.15. The fourth-order valence-electron chi connectivity index (χ4n) is 1.46. The van der Waals surface area contributed by atoms with E-state index in [1.165, 1.54) is 16.2 Å². The van der Waals surface area contributed by atoms with Crippen molar-refractivity contribution in [3.63, 3.8) is 0 Å². The number of fused-ring (bicyclic) bond motifs is 1. The predicted molar refractivity (Wildman–Crippen MR) is 53.7 cm³/mol. The van der Waals surface area contributed by atoms with E-state index in [2.05, 4.69) is 10.4 Å². The molecule has 0 bridgehead atoms. The molecule has 0 amide bonds. The second-order valence-electron chi connectivity index (χ2n) is 2.89. The first-order chi connectivity index (χ1) is 6.33. The molecule has 0 saturated heterocycles. The normalized spacial score (nSPS) is 10.2. The zero-order valence-electron chi connectivity index (χ0n) is 7.24. The highest BCUT2D eigenvalue weighted by atomic mass is 32.1. The van der Waals surface area contributed by atoms with Crippen LogP contribution in [0.1, 0.15) is 11.3 Å². The number of hydrogen-bond donors (Lipinski definition) is 0. The number of aryl methyl sites for hydroxylation is 1. The molecular formula is C10H8N2S. The van der Waals surface area contributed by atoms with Crippen molar-refractivity contribution in [2.75, 3.05) is 0 Å². The first-order valence-electron chi connectivity index (χ1n) is 4.04. The van der Waals surface area contributed by atoms with E-state index < -0.39 is 0 Å². The Bertz CT molecular complexity index is 479. The summed E-state index contributed by atoms with van der Waals surface area (Å²) in [7, 11) is 0. The Balaban J connectivity index is 2.74. The maximum absolute atomic E-state index is 8.64. The third-order valence-electron chi connectivity index (χ3n) is 2.02. The zero-order valence-corrected chi connectivity index (χ0v) is 8.06. The number of hydrogen-bond acceptors (Lipinski definition) is 3. The van der Waals surface area contributed by atoms with Crippen LogP contribution in [0.2, 0.25) is 0 Å². The quantitative estimate of drug-likeness (QED) is 0.689. The highest BCUT2D eigenvalue weighted by molar-refractivity contribution is 7.13. The minimum absolute atomic E-state index is 0.469. The van der Waals surface area contributed by atoms with Crippen molar-refractivity contribution in [2.24, 2.45) is 0 Å². The Hall–Kier alpha value is -1.40. The van der Waals surface area contributed by atoms with Gasteiger partial charge in [0, 0.05) is 5.39 Å². The fraction of sp³-hybridized carbons (Fsp3) is 0.200. The Morgan fingerprint density at radius 3 is 3.15 bits per heavy atom. The van der Waals surface area contributed by atoms with Gasteiger partial charge in [0.25, 0.3) is 0 Å². The molecule has 1 aromatic heterocycles. The van der Waals surface area contributed by atoms with Crippen LogP contribution in [0.25, 0.3) is 10.1 Å². The fourth-order valence-corrected chi connectivity index (χ4v) is 2.30. The van der Waals surface area contributed by atoms with Gasteiger partial charge in [-0.05, 0) is 30.1 Å². The molecule has 13 heavy (non-hydrogen) atoms. The third-order valence-corrected chi connectivity index (χ3v) is 2.93. The Kier molecular flexibility index (Phi) is 1.99. The van der Waals surface area contributed by atoms with Crippen molar-refractivity contribution >= 4 is 21.6 Å². The van der Waals surface area contributed by atoms with Gasteiger partial charge in [0.2, 0.25) is 0 Å². The first-order valence-corrected chi connectivity index (χ1v) is 4.81. The lowest BCUT2D eigenvalue weighted by Crippen LogP contribution is -1.83. The summed E-state index contributed by atoms with van der Waals surface area (Å²) >= 11 is 1.49. The molecule has 0 aliphatic heterocycles. The summed E-state index contributed by atoms with van der Waals surface area (Å²) in [4.78, 5) is 0. The molecule has 2 nitrogen and oxygen atoms in total. The van der Waals surface area contributed by atoms with Crippen LogP contribution < -0.4 is 0 Å². The van der Waals surface area contributed by atoms with Crippen molar-refractivity contribution in [1.29, 1.82) is 5.26 Å². The molecule has 0 aliphatic rings. The van der Waals surface area contributed by atoms with E-state index in [1.54, 1.807) is 0 Å². The number of benzene rings is 1. The first kappa shape index (κ1) is 8.21. The predicted octanol–water partition coefficient (Wildman–Crippen LogP) is 2.67. The van der Waals surface area contributed by atoms with Gasteiger partial charge in [-0.15, -0.1) is 0 Å². The van der Waals surface area contributed by atoms with Crippen molar-refractivity contribution in [3.05, 3.63) is 29.5 Å². The lowest BCUT2D eigenvalue weighted by atomic mass is 10.1. The van der Waals surface area contributed by atoms with Crippen molar-refractivity contribution in [1.82, 2.24) is 4.37 Å². The molecule has 0 unspecified atom stereocenters. The standard InChI is InChI=1S/C10H8N2S/c1-7-10-8(5-6-11)3-2-4-9(10)13-12-7/h2-4H,5H2,1H3. The van der Waals surface area contributed by atoms with Gasteiger partial charge in [0.05, 0.1) is 22.9 Å². The van der Waals surface area contributed by atoms with Crippen LogP contribution in [0, 0.1) is 18.3 Å². The van der Waals surface area contributed by atoms with E-state index in [-0.39, 0.29) is 0 Å². The number of nitriles is 1. The Morgan fingerprint density at radius 2 is 2.38 bits per heavy atom. The average molecular weight is 188 g/mol. The van der Waals surface area contributed by atoms with E-state index in [0.29, 0.717) is 6.42 Å². The van der Waals surface area contributed by atoms with E-state index >= 15 is 0 Å². The van der Waals surface area contributed by atoms with Crippen LogP contribution in [-0.4, -0.2) is 4.37 Å². The topological polar surface area (TPSA) is 36.7 Å². The maximum atomic E-state index is 8.64. The molecule has 1 aromatic carbocycles. The van der Waals surface area contributed by atoms with Crippen molar-refractivity contribution < 1.29 is 0 Å². The van der Waals surface area contributed by atoms with Crippen molar-refractivity contribution in [3.8, 4) is 6.07 Å². The van der Waals surface area contributed by atoms with Crippen LogP contribution in [0.15, 0.2) is 18.2 Å². The minimum Gasteiger partial charge on any atom is -0.198 e. The van der Waals surface area contributed by atoms with E-state index in [1.807, 2.05) is 25.1 Å². The molecule has 2 aromatic rings. The number of aromatic nitrogens is 1. The SMILES string of the molecule is Cc1nsc2cccc(CC#N)c12. The number of rotatable bonds is 1. The van der Waals surface area contributed by atoms with Crippen LogP contribution in [0.5, 0.6) is 0 Å². The summed E-state index contributed by atoms with van der Waals surface area (Å²) in [5.74, 6) is 0. The second-order valence-corrected chi connectivity index (χ2v) is 3.70. The largest absolute Gasteiger partial charge is 0.198 e.